The molecule has 0 fully saturated rings. The number of benzene rings is 3. The Morgan fingerprint density at radius 3 is 2.14 bits per heavy atom. The van der Waals surface area contributed by atoms with E-state index >= 15 is 0 Å². The van der Waals surface area contributed by atoms with Crippen molar-refractivity contribution in [2.45, 2.75) is 19.7 Å². The van der Waals surface area contributed by atoms with Gasteiger partial charge >= 0.3 is 0 Å². The minimum Gasteiger partial charge on any atom is -0.493 e. The first-order chi connectivity index (χ1) is 13.6. The number of rotatable bonds is 8. The van der Waals surface area contributed by atoms with E-state index in [0.29, 0.717) is 36.2 Å². The van der Waals surface area contributed by atoms with Gasteiger partial charge in [-0.15, -0.1) is 0 Å². The van der Waals surface area contributed by atoms with Gasteiger partial charge in [0.15, 0.2) is 11.5 Å². The molecule has 3 aromatic rings. The van der Waals surface area contributed by atoms with E-state index in [-0.39, 0.29) is 0 Å². The summed E-state index contributed by atoms with van der Waals surface area (Å²) in [6.07, 6.45) is 0. The topological polar surface area (TPSA) is 30.5 Å². The summed E-state index contributed by atoms with van der Waals surface area (Å²) in [5.41, 5.74) is 2.93. The second kappa shape index (κ2) is 10.2. The highest BCUT2D eigenvalue weighted by Gasteiger charge is 2.15. The lowest BCUT2D eigenvalue weighted by Crippen LogP contribution is -2.15. The molecule has 3 aromatic carbocycles. The van der Waals surface area contributed by atoms with E-state index in [9.17, 15) is 0 Å². The summed E-state index contributed by atoms with van der Waals surface area (Å²) in [7, 11) is 1.63. The Morgan fingerprint density at radius 1 is 0.857 bits per heavy atom. The third-order valence-electron chi connectivity index (χ3n) is 4.29. The molecule has 0 unspecified atom stereocenters. The number of nitrogens with one attached hydrogen (secondary N) is 1. The van der Waals surface area contributed by atoms with Crippen LogP contribution in [0, 0.1) is 0 Å². The molecule has 28 heavy (non-hydrogen) atoms. The van der Waals surface area contributed by atoms with Crippen LogP contribution in [0.2, 0.25) is 10.0 Å². The largest absolute Gasteiger partial charge is 0.493 e. The van der Waals surface area contributed by atoms with Gasteiger partial charge in [-0.05, 0) is 29.8 Å². The Hall–Kier alpha value is -1.72. The van der Waals surface area contributed by atoms with Gasteiger partial charge in [-0.25, -0.2) is 0 Å². The van der Waals surface area contributed by atoms with Crippen LogP contribution in [0.3, 0.4) is 0 Å². The third-order valence-corrected chi connectivity index (χ3v) is 5.77. The molecule has 0 aliphatic heterocycles. The van der Waals surface area contributed by atoms with Crippen LogP contribution >= 0.6 is 39.1 Å². The second-order valence-electron chi connectivity index (χ2n) is 6.13. The van der Waals surface area contributed by atoms with Gasteiger partial charge in [0.2, 0.25) is 0 Å². The number of ether oxygens (including phenoxy) is 2. The molecule has 0 aliphatic rings. The smallest absolute Gasteiger partial charge is 0.167 e. The van der Waals surface area contributed by atoms with Gasteiger partial charge in [0.25, 0.3) is 0 Å². The van der Waals surface area contributed by atoms with Gasteiger partial charge in [-0.2, -0.15) is 0 Å². The van der Waals surface area contributed by atoms with E-state index in [4.69, 9.17) is 32.7 Å². The van der Waals surface area contributed by atoms with Crippen LogP contribution in [0.1, 0.15) is 16.7 Å². The zero-order valence-corrected chi connectivity index (χ0v) is 18.4. The maximum Gasteiger partial charge on any atom is 0.167 e. The minimum absolute atomic E-state index is 0.351. The van der Waals surface area contributed by atoms with Gasteiger partial charge in [0.05, 0.1) is 7.11 Å². The van der Waals surface area contributed by atoms with Gasteiger partial charge in [-0.1, -0.05) is 75.5 Å². The molecule has 0 saturated heterocycles. The van der Waals surface area contributed by atoms with Crippen molar-refractivity contribution in [2.75, 3.05) is 7.11 Å². The Bertz CT molecular complexity index is 950. The van der Waals surface area contributed by atoms with Crippen molar-refractivity contribution in [2.24, 2.45) is 0 Å². The van der Waals surface area contributed by atoms with Gasteiger partial charge in [-0.3, -0.25) is 0 Å². The van der Waals surface area contributed by atoms with E-state index in [1.807, 2.05) is 60.7 Å². The molecule has 0 atom stereocenters. The Balaban J connectivity index is 1.77. The fourth-order valence-corrected chi connectivity index (χ4v) is 3.64. The fourth-order valence-electron chi connectivity index (χ4n) is 2.80. The van der Waals surface area contributed by atoms with Crippen molar-refractivity contribution >= 4 is 39.1 Å². The summed E-state index contributed by atoms with van der Waals surface area (Å²) >= 11 is 16.1. The molecule has 0 heterocycles. The molecule has 0 aliphatic carbocycles. The SMILES string of the molecule is COc1ccc(Br)c(CNCc2ccccc2Cl)c1OCc1ccccc1Cl. The van der Waals surface area contributed by atoms with Crippen LogP contribution in [0.5, 0.6) is 11.5 Å². The minimum atomic E-state index is 0.351. The summed E-state index contributed by atoms with van der Waals surface area (Å²) in [4.78, 5) is 0. The molecular weight excluding hydrogens is 461 g/mol. The highest BCUT2D eigenvalue weighted by molar-refractivity contribution is 9.10. The lowest BCUT2D eigenvalue weighted by molar-refractivity contribution is 0.280. The molecule has 3 rings (SSSR count). The van der Waals surface area contributed by atoms with Crippen LogP contribution in [0.4, 0.5) is 0 Å². The first-order valence-corrected chi connectivity index (χ1v) is 10.3. The molecule has 146 valence electrons. The van der Waals surface area contributed by atoms with Crippen molar-refractivity contribution in [3.05, 3.63) is 91.9 Å². The summed E-state index contributed by atoms with van der Waals surface area (Å²) in [5.74, 6) is 1.35. The molecule has 0 amide bonds. The molecule has 0 spiro atoms. The van der Waals surface area contributed by atoms with E-state index < -0.39 is 0 Å². The van der Waals surface area contributed by atoms with Crippen LogP contribution in [-0.2, 0) is 19.7 Å². The van der Waals surface area contributed by atoms with Crippen molar-refractivity contribution in [3.63, 3.8) is 0 Å². The van der Waals surface area contributed by atoms with Crippen LogP contribution in [0.25, 0.3) is 0 Å². The van der Waals surface area contributed by atoms with Crippen LogP contribution in [0.15, 0.2) is 65.1 Å². The molecule has 0 bridgehead atoms. The Labute approximate surface area is 183 Å². The highest BCUT2D eigenvalue weighted by Crippen LogP contribution is 2.37. The molecule has 0 saturated carbocycles. The van der Waals surface area contributed by atoms with E-state index in [1.54, 1.807) is 7.11 Å². The standard InChI is InChI=1S/C22H20BrCl2NO2/c1-27-21-11-10-18(23)17(13-26-12-15-6-2-4-8-19(15)24)22(21)28-14-16-7-3-5-9-20(16)25/h2-11,26H,12-14H2,1H3. The van der Waals surface area contributed by atoms with Crippen molar-refractivity contribution in [3.8, 4) is 11.5 Å². The molecule has 0 radical (unpaired) electrons. The summed E-state index contributed by atoms with van der Waals surface area (Å²) < 4.78 is 12.6. The fraction of sp³-hybridized carbons (Fsp3) is 0.182. The van der Waals surface area contributed by atoms with Gasteiger partial charge in [0.1, 0.15) is 6.61 Å². The van der Waals surface area contributed by atoms with Crippen LogP contribution in [-0.4, -0.2) is 7.11 Å². The van der Waals surface area contributed by atoms with E-state index in [2.05, 4.69) is 21.2 Å². The average Bonchev–Trinajstić information content (AvgIpc) is 2.70. The average molecular weight is 481 g/mol. The number of halogens is 3. The molecule has 1 N–H and O–H groups in total. The highest BCUT2D eigenvalue weighted by atomic mass is 79.9. The van der Waals surface area contributed by atoms with E-state index in [1.165, 1.54) is 0 Å². The molecule has 0 aromatic heterocycles. The predicted octanol–water partition coefficient (Wildman–Crippen LogP) is 6.63. The van der Waals surface area contributed by atoms with Crippen molar-refractivity contribution < 1.29 is 9.47 Å². The quantitative estimate of drug-likeness (QED) is 0.392. The Morgan fingerprint density at radius 2 is 1.50 bits per heavy atom. The first-order valence-electron chi connectivity index (χ1n) is 8.76. The maximum atomic E-state index is 6.26. The van der Waals surface area contributed by atoms with Crippen molar-refractivity contribution in [1.29, 1.82) is 0 Å². The van der Waals surface area contributed by atoms with Crippen LogP contribution < -0.4 is 14.8 Å². The Kier molecular flexibility index (Phi) is 7.63. The summed E-state index contributed by atoms with van der Waals surface area (Å²) in [6, 6.07) is 19.3. The molecular formula is C22H20BrCl2NO2. The molecule has 6 heteroatoms. The zero-order chi connectivity index (χ0) is 19.9. The monoisotopic (exact) mass is 479 g/mol. The normalized spacial score (nSPS) is 10.7. The molecule has 3 nitrogen and oxygen atoms in total. The van der Waals surface area contributed by atoms with Gasteiger partial charge in [0, 0.05) is 38.7 Å². The second-order valence-corrected chi connectivity index (χ2v) is 7.80. The lowest BCUT2D eigenvalue weighted by atomic mass is 10.1. The van der Waals surface area contributed by atoms with Crippen molar-refractivity contribution in [1.82, 2.24) is 5.32 Å². The number of hydrogen-bond donors (Lipinski definition) is 1. The predicted molar refractivity (Wildman–Crippen MR) is 118 cm³/mol. The number of hydrogen-bond acceptors (Lipinski definition) is 3. The summed E-state index contributed by atoms with van der Waals surface area (Å²) in [6.45, 7) is 1.58. The summed E-state index contributed by atoms with van der Waals surface area (Å²) in [5, 5.41) is 4.85. The zero-order valence-electron chi connectivity index (χ0n) is 15.3. The lowest BCUT2D eigenvalue weighted by Gasteiger charge is -2.18. The van der Waals surface area contributed by atoms with Gasteiger partial charge < -0.3 is 14.8 Å². The number of methoxy groups -OCH3 is 1. The first kappa shape index (κ1) is 21.0. The third kappa shape index (κ3) is 5.21. The maximum absolute atomic E-state index is 6.26. The van der Waals surface area contributed by atoms with E-state index in [0.717, 1.165) is 26.2 Å².